The molecule has 0 bridgehead atoms. The number of benzene rings is 2. The van der Waals surface area contributed by atoms with Crippen molar-refractivity contribution in [3.05, 3.63) is 70.8 Å². The molecule has 1 aromatic heterocycles. The number of hydrogen-bond donors (Lipinski definition) is 2. The van der Waals surface area contributed by atoms with Gasteiger partial charge in [-0.1, -0.05) is 17.8 Å². The smallest absolute Gasteiger partial charge is 0.343 e. The Bertz CT molecular complexity index is 1200. The van der Waals surface area contributed by atoms with Crippen LogP contribution in [0.15, 0.2) is 47.9 Å². The van der Waals surface area contributed by atoms with Gasteiger partial charge < -0.3 is 10.6 Å². The number of thioether (sulfide) groups is 1. The van der Waals surface area contributed by atoms with Gasteiger partial charge in [0.15, 0.2) is 5.16 Å². The summed E-state index contributed by atoms with van der Waals surface area (Å²) in [6.07, 6.45) is -1.21. The highest BCUT2D eigenvalue weighted by atomic mass is 32.2. The summed E-state index contributed by atoms with van der Waals surface area (Å²) in [4.78, 5) is 28.8. The maximum atomic E-state index is 14.3. The average Bonchev–Trinajstić information content (AvgIpc) is 3.21. The summed E-state index contributed by atoms with van der Waals surface area (Å²) in [6.45, 7) is 3.80. The summed E-state index contributed by atoms with van der Waals surface area (Å²) in [5, 5.41) is 4.77. The van der Waals surface area contributed by atoms with E-state index in [1.807, 2.05) is 36.6 Å². The van der Waals surface area contributed by atoms with Crippen molar-refractivity contribution in [1.82, 2.24) is 14.9 Å². The van der Waals surface area contributed by atoms with Crippen molar-refractivity contribution in [3.8, 4) is 5.69 Å². The molecule has 1 heterocycles. The standard InChI is InChI=1S/C23H22F4N4O2S/c1-13-6-14(2)8-17(7-13)31-5-4-28-22(31)34-11-20(32)30-19-10-16(9-18(24)15(19)3)21(33)29-12-23(25,26)27/h4-10H,11-12H2,1-3H3,(H,29,33)(H,30,32). The molecule has 0 saturated heterocycles. The van der Waals surface area contributed by atoms with E-state index in [0.717, 1.165) is 40.7 Å². The molecule has 180 valence electrons. The van der Waals surface area contributed by atoms with E-state index in [9.17, 15) is 27.2 Å². The second-order valence-electron chi connectivity index (χ2n) is 7.69. The number of nitrogens with zero attached hydrogens (tertiary/aromatic N) is 2. The molecule has 11 heteroatoms. The van der Waals surface area contributed by atoms with Crippen molar-refractivity contribution < 1.29 is 27.2 Å². The van der Waals surface area contributed by atoms with E-state index in [-0.39, 0.29) is 22.6 Å². The predicted octanol–water partition coefficient (Wildman–Crippen LogP) is 4.96. The van der Waals surface area contributed by atoms with Gasteiger partial charge in [-0.05, 0) is 56.2 Å². The van der Waals surface area contributed by atoms with E-state index in [1.54, 1.807) is 17.7 Å². The van der Waals surface area contributed by atoms with E-state index < -0.39 is 30.4 Å². The molecule has 2 N–H and O–H groups in total. The topological polar surface area (TPSA) is 76.0 Å². The maximum Gasteiger partial charge on any atom is 0.405 e. The predicted molar refractivity (Wildman–Crippen MR) is 122 cm³/mol. The van der Waals surface area contributed by atoms with Crippen LogP contribution in [0.25, 0.3) is 5.69 Å². The van der Waals surface area contributed by atoms with Crippen LogP contribution in [0.5, 0.6) is 0 Å². The largest absolute Gasteiger partial charge is 0.405 e. The number of aromatic nitrogens is 2. The molecule has 2 amide bonds. The lowest BCUT2D eigenvalue weighted by Gasteiger charge is -2.13. The van der Waals surface area contributed by atoms with Crippen molar-refractivity contribution in [3.63, 3.8) is 0 Å². The third-order valence-electron chi connectivity index (χ3n) is 4.75. The Hall–Kier alpha value is -3.34. The Labute approximate surface area is 197 Å². The number of halogens is 4. The Balaban J connectivity index is 1.70. The number of imidazole rings is 1. The van der Waals surface area contributed by atoms with Gasteiger partial charge in [-0.15, -0.1) is 0 Å². The van der Waals surface area contributed by atoms with Crippen LogP contribution in [-0.4, -0.2) is 39.8 Å². The van der Waals surface area contributed by atoms with Crippen LogP contribution < -0.4 is 10.6 Å². The van der Waals surface area contributed by atoms with Crippen molar-refractivity contribution in [1.29, 1.82) is 0 Å². The number of hydrogen-bond acceptors (Lipinski definition) is 4. The number of anilines is 1. The van der Waals surface area contributed by atoms with E-state index in [4.69, 9.17) is 0 Å². The van der Waals surface area contributed by atoms with Crippen molar-refractivity contribution in [2.24, 2.45) is 0 Å². The summed E-state index contributed by atoms with van der Waals surface area (Å²) in [6, 6.07) is 7.98. The summed E-state index contributed by atoms with van der Waals surface area (Å²) >= 11 is 1.16. The van der Waals surface area contributed by atoms with Crippen LogP contribution in [0.1, 0.15) is 27.0 Å². The molecule has 0 saturated carbocycles. The van der Waals surface area contributed by atoms with E-state index in [1.165, 1.54) is 6.92 Å². The highest BCUT2D eigenvalue weighted by Gasteiger charge is 2.28. The molecule has 0 aliphatic heterocycles. The van der Waals surface area contributed by atoms with Crippen LogP contribution in [0, 0.1) is 26.6 Å². The molecule has 3 aromatic rings. The van der Waals surface area contributed by atoms with Crippen molar-refractivity contribution >= 4 is 29.3 Å². The first-order valence-corrected chi connectivity index (χ1v) is 11.1. The fraction of sp³-hybridized carbons (Fsp3) is 0.261. The molecular weight excluding hydrogens is 472 g/mol. The van der Waals surface area contributed by atoms with Crippen LogP contribution >= 0.6 is 11.8 Å². The van der Waals surface area contributed by atoms with E-state index in [0.29, 0.717) is 5.16 Å². The number of carbonyl (C=O) groups is 2. The summed E-state index contributed by atoms with van der Waals surface area (Å²) < 4.78 is 53.2. The third-order valence-corrected chi connectivity index (χ3v) is 5.72. The lowest BCUT2D eigenvalue weighted by Crippen LogP contribution is -2.33. The summed E-state index contributed by atoms with van der Waals surface area (Å²) in [7, 11) is 0. The Morgan fingerprint density at radius 2 is 1.74 bits per heavy atom. The van der Waals surface area contributed by atoms with Crippen LogP contribution in [0.2, 0.25) is 0 Å². The van der Waals surface area contributed by atoms with Crippen molar-refractivity contribution in [2.75, 3.05) is 17.6 Å². The summed E-state index contributed by atoms with van der Waals surface area (Å²) in [5.41, 5.74) is 2.78. The van der Waals surface area contributed by atoms with Gasteiger partial charge in [-0.25, -0.2) is 9.37 Å². The first-order valence-electron chi connectivity index (χ1n) is 10.1. The normalized spacial score (nSPS) is 11.4. The van der Waals surface area contributed by atoms with Gasteiger partial charge in [0.25, 0.3) is 5.91 Å². The molecule has 0 unspecified atom stereocenters. The minimum atomic E-state index is -4.60. The van der Waals surface area contributed by atoms with Gasteiger partial charge in [0.1, 0.15) is 12.4 Å². The highest BCUT2D eigenvalue weighted by molar-refractivity contribution is 7.99. The number of nitrogens with one attached hydrogen (secondary N) is 2. The molecule has 0 atom stereocenters. The molecule has 6 nitrogen and oxygen atoms in total. The monoisotopic (exact) mass is 494 g/mol. The lowest BCUT2D eigenvalue weighted by molar-refractivity contribution is -0.123. The fourth-order valence-electron chi connectivity index (χ4n) is 3.22. The van der Waals surface area contributed by atoms with Gasteiger partial charge in [0.2, 0.25) is 5.91 Å². The second-order valence-corrected chi connectivity index (χ2v) is 8.63. The zero-order chi connectivity index (χ0) is 25.0. The Morgan fingerprint density at radius 3 is 2.38 bits per heavy atom. The first kappa shape index (κ1) is 25.3. The second kappa shape index (κ2) is 10.3. The molecule has 0 aliphatic carbocycles. The van der Waals surface area contributed by atoms with E-state index in [2.05, 4.69) is 10.3 Å². The zero-order valence-electron chi connectivity index (χ0n) is 18.6. The molecule has 2 aromatic carbocycles. The minimum absolute atomic E-state index is 0.000379. The first-order chi connectivity index (χ1) is 15.9. The molecule has 0 aliphatic rings. The maximum absolute atomic E-state index is 14.3. The fourth-order valence-corrected chi connectivity index (χ4v) is 3.99. The number of amides is 2. The number of aryl methyl sites for hydroxylation is 2. The van der Waals surface area contributed by atoms with Gasteiger partial charge >= 0.3 is 6.18 Å². The lowest BCUT2D eigenvalue weighted by atomic mass is 10.1. The van der Waals surface area contributed by atoms with Crippen LogP contribution in [0.3, 0.4) is 0 Å². The van der Waals surface area contributed by atoms with Gasteiger partial charge in [-0.3, -0.25) is 14.2 Å². The van der Waals surface area contributed by atoms with Crippen LogP contribution in [-0.2, 0) is 4.79 Å². The van der Waals surface area contributed by atoms with Gasteiger partial charge in [0, 0.05) is 34.9 Å². The molecular formula is C23H22F4N4O2S. The van der Waals surface area contributed by atoms with Gasteiger partial charge in [-0.2, -0.15) is 13.2 Å². The van der Waals surface area contributed by atoms with E-state index >= 15 is 0 Å². The molecule has 0 radical (unpaired) electrons. The number of carbonyl (C=O) groups excluding carboxylic acids is 2. The Morgan fingerprint density at radius 1 is 1.06 bits per heavy atom. The molecule has 3 rings (SSSR count). The molecule has 0 spiro atoms. The highest BCUT2D eigenvalue weighted by Crippen LogP contribution is 2.24. The molecule has 34 heavy (non-hydrogen) atoms. The Kier molecular flexibility index (Phi) is 7.65. The van der Waals surface area contributed by atoms with Gasteiger partial charge in [0.05, 0.1) is 5.75 Å². The SMILES string of the molecule is Cc1cc(C)cc(-n2ccnc2SCC(=O)Nc2cc(C(=O)NCC(F)(F)F)cc(F)c2C)c1. The summed E-state index contributed by atoms with van der Waals surface area (Å²) in [5.74, 6) is -2.48. The number of alkyl halides is 3. The molecule has 0 fully saturated rings. The zero-order valence-corrected chi connectivity index (χ0v) is 19.4. The minimum Gasteiger partial charge on any atom is -0.343 e. The quantitative estimate of drug-likeness (QED) is 0.360. The van der Waals surface area contributed by atoms with Crippen molar-refractivity contribution in [2.45, 2.75) is 32.1 Å². The number of rotatable bonds is 7. The van der Waals surface area contributed by atoms with Crippen LogP contribution in [0.4, 0.5) is 23.2 Å². The third kappa shape index (κ3) is 6.60. The average molecular weight is 495 g/mol.